The molecule has 0 spiro atoms. The number of hydrogen-bond donors (Lipinski definition) is 1. The minimum absolute atomic E-state index is 0. The summed E-state index contributed by atoms with van der Waals surface area (Å²) in [7, 11) is 0. The summed E-state index contributed by atoms with van der Waals surface area (Å²) in [4.78, 5) is 29.4. The fourth-order valence-corrected chi connectivity index (χ4v) is 2.08. The van der Waals surface area contributed by atoms with Crippen molar-refractivity contribution < 1.29 is 63.1 Å². The van der Waals surface area contributed by atoms with E-state index in [-0.39, 0.29) is 59.5 Å². The first-order chi connectivity index (χ1) is 9.20. The van der Waals surface area contributed by atoms with Crippen LogP contribution in [0.2, 0.25) is 0 Å². The summed E-state index contributed by atoms with van der Waals surface area (Å²) >= 11 is 0. The molecule has 21 heavy (non-hydrogen) atoms. The molecule has 3 heterocycles. The van der Waals surface area contributed by atoms with Crippen LogP contribution in [0.25, 0.3) is 16.6 Å². The van der Waals surface area contributed by atoms with Crippen molar-refractivity contribution in [1.82, 2.24) is 14.4 Å². The molecule has 0 atom stereocenters. The summed E-state index contributed by atoms with van der Waals surface area (Å²) in [5.74, 6) is -0.374. The molecule has 3 aromatic rings. The molecule has 0 amide bonds. The van der Waals surface area contributed by atoms with Gasteiger partial charge in [-0.05, 0) is 25.1 Å². The van der Waals surface area contributed by atoms with Crippen LogP contribution in [0.1, 0.15) is 17.3 Å². The smallest absolute Gasteiger partial charge is 1.00 e. The minimum Gasteiger partial charge on any atom is -1.00 e. The van der Waals surface area contributed by atoms with Gasteiger partial charge in [0, 0.05) is 17.8 Å². The number of ether oxygens (including phenoxy) is 1. The van der Waals surface area contributed by atoms with Gasteiger partial charge in [0.1, 0.15) is 5.65 Å². The zero-order valence-corrected chi connectivity index (χ0v) is 15.7. The van der Waals surface area contributed by atoms with E-state index >= 15 is 0 Å². The molecule has 0 unspecified atom stereocenters. The summed E-state index contributed by atoms with van der Waals surface area (Å²) in [5, 5.41) is 0.790. The van der Waals surface area contributed by atoms with Crippen molar-refractivity contribution in [3.63, 3.8) is 0 Å². The number of carbonyl (C=O) groups excluding carboxylic acids is 1. The van der Waals surface area contributed by atoms with E-state index in [1.165, 1.54) is 6.20 Å². The Bertz CT molecular complexity index is 843. The fourth-order valence-electron chi connectivity index (χ4n) is 2.08. The summed E-state index contributed by atoms with van der Waals surface area (Å²) in [6.45, 7) is 2.08. The number of halogens is 1. The molecule has 8 heteroatoms. The average Bonchev–Trinajstić information content (AvgIpc) is 2.83. The third-order valence-corrected chi connectivity index (χ3v) is 2.90. The Morgan fingerprint density at radius 2 is 2.14 bits per heavy atom. The summed E-state index contributed by atoms with van der Waals surface area (Å²) in [6, 6.07) is 5.27. The first-order valence-corrected chi connectivity index (χ1v) is 5.87. The van der Waals surface area contributed by atoms with E-state index in [4.69, 9.17) is 4.74 Å². The zero-order valence-electron chi connectivity index (χ0n) is 11.6. The molecular formula is C13H11IN3NaO3. The van der Waals surface area contributed by atoms with Gasteiger partial charge in [0.2, 0.25) is 0 Å². The van der Waals surface area contributed by atoms with Gasteiger partial charge in [-0.1, -0.05) is 0 Å². The van der Waals surface area contributed by atoms with Crippen LogP contribution < -0.4 is 59.2 Å². The molecule has 3 rings (SSSR count). The molecule has 0 aliphatic carbocycles. The van der Waals surface area contributed by atoms with Crippen LogP contribution in [0.3, 0.4) is 0 Å². The first-order valence-electron chi connectivity index (χ1n) is 5.87. The Kier molecular flexibility index (Phi) is 6.39. The van der Waals surface area contributed by atoms with Crippen LogP contribution in [0, 0.1) is 0 Å². The molecule has 6 nitrogen and oxygen atoms in total. The van der Waals surface area contributed by atoms with E-state index in [1.807, 2.05) is 0 Å². The second-order valence-corrected chi connectivity index (χ2v) is 4.03. The Labute approximate surface area is 159 Å². The van der Waals surface area contributed by atoms with E-state index in [9.17, 15) is 9.59 Å². The molecule has 3 aromatic heterocycles. The molecule has 0 radical (unpaired) electrons. The second-order valence-electron chi connectivity index (χ2n) is 4.03. The maximum atomic E-state index is 11.8. The quantitative estimate of drug-likeness (QED) is 0.264. The van der Waals surface area contributed by atoms with Crippen molar-refractivity contribution in [3.05, 3.63) is 46.6 Å². The van der Waals surface area contributed by atoms with Crippen LogP contribution in [-0.2, 0) is 4.74 Å². The molecule has 104 valence electrons. The van der Waals surface area contributed by atoms with Gasteiger partial charge >= 0.3 is 41.2 Å². The van der Waals surface area contributed by atoms with Crippen LogP contribution >= 0.6 is 0 Å². The van der Waals surface area contributed by atoms with Crippen LogP contribution in [0.4, 0.5) is 0 Å². The topological polar surface area (TPSA) is 76.5 Å². The number of esters is 1. The number of fused-ring (bicyclic) bond motifs is 3. The Morgan fingerprint density at radius 1 is 1.38 bits per heavy atom. The van der Waals surface area contributed by atoms with Crippen molar-refractivity contribution in [2.24, 2.45) is 0 Å². The van der Waals surface area contributed by atoms with Crippen LogP contribution in [0.15, 0.2) is 35.4 Å². The maximum absolute atomic E-state index is 11.8. The third kappa shape index (κ3) is 3.31. The molecular weight excluding hydrogens is 396 g/mol. The van der Waals surface area contributed by atoms with E-state index in [1.54, 1.807) is 35.7 Å². The predicted molar refractivity (Wildman–Crippen MR) is 69.3 cm³/mol. The molecule has 0 aromatic carbocycles. The molecule has 0 bridgehead atoms. The monoisotopic (exact) mass is 407 g/mol. The van der Waals surface area contributed by atoms with Gasteiger partial charge in [0.15, 0.2) is 0 Å². The predicted octanol–water partition coefficient (Wildman–Crippen LogP) is -4.64. The van der Waals surface area contributed by atoms with Crippen molar-refractivity contribution >= 4 is 22.5 Å². The van der Waals surface area contributed by atoms with Crippen molar-refractivity contribution in [2.45, 2.75) is 6.92 Å². The normalized spacial score (nSPS) is 9.95. The molecule has 0 aliphatic heterocycles. The number of aromatic amines is 1. The number of aromatic nitrogens is 3. The molecule has 0 saturated carbocycles. The van der Waals surface area contributed by atoms with Gasteiger partial charge < -0.3 is 33.1 Å². The summed E-state index contributed by atoms with van der Waals surface area (Å²) < 4.78 is 6.73. The van der Waals surface area contributed by atoms with Crippen molar-refractivity contribution in [2.75, 3.05) is 6.61 Å². The number of carbonyl (C=O) groups is 1. The Balaban J connectivity index is 0.00000110. The zero-order chi connectivity index (χ0) is 13.4. The van der Waals surface area contributed by atoms with Gasteiger partial charge in [-0.25, -0.2) is 14.6 Å². The van der Waals surface area contributed by atoms with E-state index < -0.39 is 5.69 Å². The molecule has 0 saturated heterocycles. The molecule has 0 aliphatic rings. The SMILES string of the molecule is CCOC(=O)c1ccn2c1ccc1cnc(=O)[nH]c12.[I-].[Na+]. The van der Waals surface area contributed by atoms with Gasteiger partial charge in [0.05, 0.1) is 17.7 Å². The number of nitrogens with one attached hydrogen (secondary N) is 1. The van der Waals surface area contributed by atoms with Crippen molar-refractivity contribution in [1.29, 1.82) is 0 Å². The number of rotatable bonds is 2. The van der Waals surface area contributed by atoms with Gasteiger partial charge in [-0.2, -0.15) is 0 Å². The van der Waals surface area contributed by atoms with Crippen molar-refractivity contribution in [3.8, 4) is 0 Å². The van der Waals surface area contributed by atoms with E-state index in [0.717, 1.165) is 5.39 Å². The standard InChI is InChI=1S/C13H11N3O3.HI.Na/c1-2-19-12(17)9-5-6-16-10(9)4-3-8-7-14-13(18)15-11(8)16;;/h3-7H,2H2,1H3,(H,14,15,18);1H;/q;;+1/p-1. The summed E-state index contributed by atoms with van der Waals surface area (Å²) in [6.07, 6.45) is 3.22. The Morgan fingerprint density at radius 3 is 2.86 bits per heavy atom. The minimum atomic E-state index is -0.425. The number of nitrogens with zero attached hydrogens (tertiary/aromatic N) is 2. The molecule has 0 fully saturated rings. The van der Waals surface area contributed by atoms with Gasteiger partial charge in [-0.15, -0.1) is 0 Å². The third-order valence-electron chi connectivity index (χ3n) is 2.90. The summed E-state index contributed by atoms with van der Waals surface area (Å²) in [5.41, 5.74) is 1.34. The largest absolute Gasteiger partial charge is 1.00 e. The maximum Gasteiger partial charge on any atom is 1.00 e. The number of pyridine rings is 1. The first kappa shape index (κ1) is 18.1. The van der Waals surface area contributed by atoms with E-state index in [2.05, 4.69) is 9.97 Å². The number of hydrogen-bond acceptors (Lipinski definition) is 4. The number of H-pyrrole nitrogens is 1. The second kappa shape index (κ2) is 7.39. The Hall–Kier alpha value is -0.900. The van der Waals surface area contributed by atoms with E-state index in [0.29, 0.717) is 23.3 Å². The fraction of sp³-hybridized carbons (Fsp3) is 0.154. The average molecular weight is 407 g/mol. The van der Waals surface area contributed by atoms with Gasteiger partial charge in [-0.3, -0.25) is 4.98 Å². The van der Waals surface area contributed by atoms with Crippen LogP contribution in [0.5, 0.6) is 0 Å². The van der Waals surface area contributed by atoms with Crippen LogP contribution in [-0.4, -0.2) is 26.9 Å². The molecule has 1 N–H and O–H groups in total. The van der Waals surface area contributed by atoms with Gasteiger partial charge in [0.25, 0.3) is 0 Å².